The van der Waals surface area contributed by atoms with Crippen molar-refractivity contribution in [3.8, 4) is 0 Å². The number of para-hydroxylation sites is 1. The molecule has 0 radical (unpaired) electrons. The van der Waals surface area contributed by atoms with Crippen molar-refractivity contribution in [3.05, 3.63) is 66.2 Å². The molecule has 2 aromatic rings. The van der Waals surface area contributed by atoms with Crippen molar-refractivity contribution in [2.75, 3.05) is 24.6 Å². The molecule has 2 fully saturated rings. The molecule has 0 aliphatic carbocycles. The number of morpholine rings is 1. The number of ether oxygens (including phenoxy) is 1. The predicted molar refractivity (Wildman–Crippen MR) is 103 cm³/mol. The number of nitrogens with zero attached hydrogens (tertiary/aromatic N) is 2. The van der Waals surface area contributed by atoms with Gasteiger partial charge in [0.1, 0.15) is 12.1 Å². The van der Waals surface area contributed by atoms with E-state index in [9.17, 15) is 14.4 Å². The Morgan fingerprint density at radius 1 is 1.04 bits per heavy atom. The van der Waals surface area contributed by atoms with E-state index in [0.717, 1.165) is 10.5 Å². The molecule has 144 valence electrons. The second-order valence-corrected chi connectivity index (χ2v) is 6.83. The van der Waals surface area contributed by atoms with E-state index < -0.39 is 18.0 Å². The molecular weight excluding hydrogens is 358 g/mol. The molecule has 0 aromatic heterocycles. The number of benzene rings is 2. The number of imide groups is 1. The lowest BCUT2D eigenvalue weighted by Crippen LogP contribution is -2.45. The van der Waals surface area contributed by atoms with Gasteiger partial charge in [-0.3, -0.25) is 9.59 Å². The van der Waals surface area contributed by atoms with Crippen molar-refractivity contribution in [3.63, 3.8) is 0 Å². The summed E-state index contributed by atoms with van der Waals surface area (Å²) in [5, 5.41) is 2.62. The molecule has 0 spiro atoms. The molecule has 2 aliphatic heterocycles. The van der Waals surface area contributed by atoms with E-state index in [4.69, 9.17) is 4.74 Å². The van der Waals surface area contributed by atoms with Crippen LogP contribution in [0, 0.1) is 0 Å². The van der Waals surface area contributed by atoms with Crippen molar-refractivity contribution in [2.24, 2.45) is 0 Å². The number of rotatable bonds is 4. The smallest absolute Gasteiger partial charge is 0.329 e. The highest BCUT2D eigenvalue weighted by Crippen LogP contribution is 2.24. The Morgan fingerprint density at radius 3 is 2.43 bits per heavy atom. The first kappa shape index (κ1) is 18.2. The Bertz CT molecular complexity index is 872. The monoisotopic (exact) mass is 379 g/mol. The predicted octanol–water partition coefficient (Wildman–Crippen LogP) is 2.10. The number of amides is 4. The lowest BCUT2D eigenvalue weighted by atomic mass is 10.1. The summed E-state index contributed by atoms with van der Waals surface area (Å²) in [6.07, 6.45) is -0.247. The van der Waals surface area contributed by atoms with Crippen LogP contribution in [0.15, 0.2) is 60.7 Å². The van der Waals surface area contributed by atoms with Gasteiger partial charge in [-0.2, -0.15) is 0 Å². The van der Waals surface area contributed by atoms with E-state index in [1.807, 2.05) is 36.4 Å². The van der Waals surface area contributed by atoms with Crippen LogP contribution < -0.4 is 10.2 Å². The molecule has 1 N–H and O–H groups in total. The Hall–Kier alpha value is -3.19. The largest absolute Gasteiger partial charge is 0.370 e. The summed E-state index contributed by atoms with van der Waals surface area (Å²) in [7, 11) is 0. The summed E-state index contributed by atoms with van der Waals surface area (Å²) in [5.41, 5.74) is 1.51. The van der Waals surface area contributed by atoms with Crippen LogP contribution in [0.3, 0.4) is 0 Å². The molecule has 2 atom stereocenters. The minimum Gasteiger partial charge on any atom is -0.370 e. The molecule has 7 nitrogen and oxygen atoms in total. The van der Waals surface area contributed by atoms with Gasteiger partial charge in [-0.25, -0.2) is 9.69 Å². The van der Waals surface area contributed by atoms with Crippen LogP contribution >= 0.6 is 0 Å². The van der Waals surface area contributed by atoms with Crippen LogP contribution in [0.2, 0.25) is 0 Å². The second kappa shape index (κ2) is 7.82. The molecule has 2 heterocycles. The van der Waals surface area contributed by atoms with Gasteiger partial charge in [0.2, 0.25) is 5.91 Å². The average molecular weight is 379 g/mol. The molecule has 1 unspecified atom stereocenters. The van der Waals surface area contributed by atoms with E-state index in [1.165, 1.54) is 0 Å². The molecule has 2 saturated heterocycles. The van der Waals surface area contributed by atoms with Crippen molar-refractivity contribution in [2.45, 2.75) is 18.6 Å². The Labute approximate surface area is 162 Å². The van der Waals surface area contributed by atoms with E-state index in [1.54, 1.807) is 29.2 Å². The molecule has 0 saturated carbocycles. The zero-order valence-electron chi connectivity index (χ0n) is 15.3. The SMILES string of the molecule is O=C(C[C@H]1NC(=O)N(c2ccccc2)C1=O)N1CCOC(c2ccccc2)C1. The summed E-state index contributed by atoms with van der Waals surface area (Å²) in [4.78, 5) is 40.5. The summed E-state index contributed by atoms with van der Waals surface area (Å²) < 4.78 is 5.79. The topological polar surface area (TPSA) is 79.0 Å². The molecule has 0 bridgehead atoms. The van der Waals surface area contributed by atoms with Crippen LogP contribution in [-0.2, 0) is 14.3 Å². The quantitative estimate of drug-likeness (QED) is 0.826. The van der Waals surface area contributed by atoms with Gasteiger partial charge in [-0.15, -0.1) is 0 Å². The number of nitrogens with one attached hydrogen (secondary N) is 1. The minimum absolute atomic E-state index is 0.0601. The fraction of sp³-hybridized carbons (Fsp3) is 0.286. The molecule has 4 amide bonds. The summed E-state index contributed by atoms with van der Waals surface area (Å²) in [5.74, 6) is -0.574. The van der Waals surface area contributed by atoms with Crippen LogP contribution in [0.25, 0.3) is 0 Å². The third kappa shape index (κ3) is 3.61. The normalized spacial score (nSPS) is 22.3. The first-order chi connectivity index (χ1) is 13.6. The Balaban J connectivity index is 1.41. The van der Waals surface area contributed by atoms with Crippen molar-refractivity contribution in [1.82, 2.24) is 10.2 Å². The zero-order valence-corrected chi connectivity index (χ0v) is 15.3. The van der Waals surface area contributed by atoms with Gasteiger partial charge in [-0.1, -0.05) is 48.5 Å². The number of anilines is 1. The highest BCUT2D eigenvalue weighted by Gasteiger charge is 2.41. The van der Waals surface area contributed by atoms with E-state index >= 15 is 0 Å². The van der Waals surface area contributed by atoms with Gasteiger partial charge in [0.25, 0.3) is 5.91 Å². The number of hydrogen-bond acceptors (Lipinski definition) is 4. The third-order valence-corrected chi connectivity index (χ3v) is 5.00. The Morgan fingerprint density at radius 2 is 1.71 bits per heavy atom. The lowest BCUT2D eigenvalue weighted by Gasteiger charge is -2.33. The van der Waals surface area contributed by atoms with E-state index in [0.29, 0.717) is 25.4 Å². The third-order valence-electron chi connectivity index (χ3n) is 5.00. The van der Waals surface area contributed by atoms with Gasteiger partial charge >= 0.3 is 6.03 Å². The van der Waals surface area contributed by atoms with Crippen LogP contribution in [0.4, 0.5) is 10.5 Å². The highest BCUT2D eigenvalue weighted by molar-refractivity contribution is 6.22. The van der Waals surface area contributed by atoms with Crippen molar-refractivity contribution < 1.29 is 19.1 Å². The summed E-state index contributed by atoms with van der Waals surface area (Å²) in [6.45, 7) is 1.34. The number of urea groups is 1. The second-order valence-electron chi connectivity index (χ2n) is 6.83. The van der Waals surface area contributed by atoms with Crippen molar-refractivity contribution in [1.29, 1.82) is 0 Å². The molecule has 7 heteroatoms. The van der Waals surface area contributed by atoms with Crippen molar-refractivity contribution >= 4 is 23.5 Å². The maximum atomic E-state index is 12.8. The lowest BCUT2D eigenvalue weighted by molar-refractivity contribution is -0.140. The number of carbonyl (C=O) groups excluding carboxylic acids is 3. The van der Waals surface area contributed by atoms with E-state index in [-0.39, 0.29) is 18.4 Å². The molecule has 2 aromatic carbocycles. The number of hydrogen-bond donors (Lipinski definition) is 1. The number of carbonyl (C=O) groups is 3. The Kier molecular flexibility index (Phi) is 5.08. The van der Waals surface area contributed by atoms with Crippen LogP contribution in [0.5, 0.6) is 0 Å². The van der Waals surface area contributed by atoms with Gasteiger partial charge in [0.15, 0.2) is 0 Å². The van der Waals surface area contributed by atoms with Crippen LogP contribution in [-0.4, -0.2) is 48.5 Å². The fourth-order valence-corrected chi connectivity index (χ4v) is 3.54. The summed E-state index contributed by atoms with van der Waals surface area (Å²) in [6, 6.07) is 17.1. The van der Waals surface area contributed by atoms with E-state index in [2.05, 4.69) is 5.32 Å². The maximum Gasteiger partial charge on any atom is 0.329 e. The van der Waals surface area contributed by atoms with Gasteiger partial charge in [-0.05, 0) is 17.7 Å². The average Bonchev–Trinajstić information content (AvgIpc) is 3.02. The molecule has 28 heavy (non-hydrogen) atoms. The standard InChI is InChI=1S/C21H21N3O4/c25-19(23-11-12-28-18(14-23)15-7-3-1-4-8-15)13-17-20(26)24(21(27)22-17)16-9-5-2-6-10-16/h1-10,17-18H,11-14H2,(H,22,27)/t17-,18?/m1/s1. The minimum atomic E-state index is -0.849. The first-order valence-corrected chi connectivity index (χ1v) is 9.27. The molecule has 2 aliphatic rings. The molecule has 4 rings (SSSR count). The highest BCUT2D eigenvalue weighted by atomic mass is 16.5. The van der Waals surface area contributed by atoms with Gasteiger partial charge in [0.05, 0.1) is 25.3 Å². The van der Waals surface area contributed by atoms with Crippen LogP contribution in [0.1, 0.15) is 18.1 Å². The molecular formula is C21H21N3O4. The summed E-state index contributed by atoms with van der Waals surface area (Å²) >= 11 is 0. The fourth-order valence-electron chi connectivity index (χ4n) is 3.54. The first-order valence-electron chi connectivity index (χ1n) is 9.27. The van der Waals surface area contributed by atoms with Gasteiger partial charge in [0, 0.05) is 6.54 Å². The zero-order chi connectivity index (χ0) is 19.5. The van der Waals surface area contributed by atoms with Gasteiger partial charge < -0.3 is 15.0 Å². The maximum absolute atomic E-state index is 12.8.